The van der Waals surface area contributed by atoms with Crippen molar-refractivity contribution >= 4 is 29.3 Å². The van der Waals surface area contributed by atoms with Crippen LogP contribution in [-0.4, -0.2) is 5.88 Å². The molecule has 0 spiro atoms. The molecule has 0 heterocycles. The summed E-state index contributed by atoms with van der Waals surface area (Å²) in [4.78, 5) is 0. The van der Waals surface area contributed by atoms with Crippen molar-refractivity contribution in [3.63, 3.8) is 0 Å². The maximum absolute atomic E-state index is 13.0. The van der Waals surface area contributed by atoms with E-state index in [1.807, 2.05) is 0 Å². The van der Waals surface area contributed by atoms with Gasteiger partial charge in [0.15, 0.2) is 0 Å². The van der Waals surface area contributed by atoms with Gasteiger partial charge in [-0.2, -0.15) is 0 Å². The highest BCUT2D eigenvalue weighted by Crippen LogP contribution is 2.20. The van der Waals surface area contributed by atoms with Crippen molar-refractivity contribution in [2.24, 2.45) is 0 Å². The minimum absolute atomic E-state index is 0.330. The van der Waals surface area contributed by atoms with Crippen LogP contribution in [0.2, 0.25) is 5.02 Å². The quantitative estimate of drug-likeness (QED) is 0.645. The molecule has 0 saturated carbocycles. The molecule has 12 heavy (non-hydrogen) atoms. The van der Waals surface area contributed by atoms with E-state index in [-0.39, 0.29) is 5.82 Å². The topological polar surface area (TPSA) is 0 Å². The summed E-state index contributed by atoms with van der Waals surface area (Å²) >= 11 is 11.1. The molecule has 1 aromatic carbocycles. The van der Waals surface area contributed by atoms with Crippen LogP contribution in [0.1, 0.15) is 5.56 Å². The molecular formula is C9H7Cl2F. The molecule has 0 atom stereocenters. The molecule has 0 N–H and O–H groups in total. The van der Waals surface area contributed by atoms with Crippen LogP contribution in [-0.2, 0) is 0 Å². The van der Waals surface area contributed by atoms with Gasteiger partial charge < -0.3 is 0 Å². The normalized spacial score (nSPS) is 10.9. The minimum atomic E-state index is -0.330. The summed E-state index contributed by atoms with van der Waals surface area (Å²) in [5.41, 5.74) is 0.389. The maximum Gasteiger partial charge on any atom is 0.131 e. The second-order valence-corrected chi connectivity index (χ2v) is 2.91. The van der Waals surface area contributed by atoms with Crippen molar-refractivity contribution in [1.82, 2.24) is 0 Å². The van der Waals surface area contributed by atoms with E-state index in [1.165, 1.54) is 6.07 Å². The van der Waals surface area contributed by atoms with Crippen molar-refractivity contribution in [3.05, 3.63) is 40.7 Å². The fourth-order valence-electron chi connectivity index (χ4n) is 0.832. The summed E-state index contributed by atoms with van der Waals surface area (Å²) in [6.45, 7) is 0. The van der Waals surface area contributed by atoms with E-state index in [0.29, 0.717) is 16.5 Å². The molecule has 1 rings (SSSR count). The standard InChI is InChI=1S/C9H7Cl2F/c10-6-2-3-7-8(11)4-1-5-9(7)12/h1-5H,6H2. The van der Waals surface area contributed by atoms with Gasteiger partial charge in [0.2, 0.25) is 0 Å². The van der Waals surface area contributed by atoms with Gasteiger partial charge in [-0.05, 0) is 12.1 Å². The molecule has 1 aromatic rings. The molecule has 0 unspecified atom stereocenters. The summed E-state index contributed by atoms with van der Waals surface area (Å²) in [5.74, 6) is 0.0221. The third kappa shape index (κ3) is 2.23. The molecule has 3 heteroatoms. The third-order valence-corrected chi connectivity index (χ3v) is 1.88. The van der Waals surface area contributed by atoms with Crippen LogP contribution < -0.4 is 0 Å². The Bertz CT molecular complexity index is 274. The van der Waals surface area contributed by atoms with Gasteiger partial charge >= 0.3 is 0 Å². The first kappa shape index (κ1) is 9.56. The molecule has 64 valence electrons. The third-order valence-electron chi connectivity index (χ3n) is 1.37. The number of hydrogen-bond donors (Lipinski definition) is 0. The van der Waals surface area contributed by atoms with Gasteiger partial charge in [0, 0.05) is 11.4 Å². The van der Waals surface area contributed by atoms with Crippen molar-refractivity contribution in [3.8, 4) is 0 Å². The van der Waals surface area contributed by atoms with Crippen LogP contribution in [0.15, 0.2) is 24.3 Å². The lowest BCUT2D eigenvalue weighted by molar-refractivity contribution is 0.625. The van der Waals surface area contributed by atoms with E-state index < -0.39 is 0 Å². The molecule has 0 aliphatic heterocycles. The number of benzene rings is 1. The highest BCUT2D eigenvalue weighted by molar-refractivity contribution is 6.32. The molecule has 0 aliphatic rings. The summed E-state index contributed by atoms with van der Waals surface area (Å²) in [7, 11) is 0. The lowest BCUT2D eigenvalue weighted by Gasteiger charge is -1.98. The van der Waals surface area contributed by atoms with Crippen LogP contribution in [0, 0.1) is 5.82 Å². The number of halogens is 3. The number of alkyl halides is 1. The van der Waals surface area contributed by atoms with Gasteiger partial charge in [-0.25, -0.2) is 4.39 Å². The Hall–Kier alpha value is -0.530. The Morgan fingerprint density at radius 3 is 2.75 bits per heavy atom. The lowest BCUT2D eigenvalue weighted by atomic mass is 10.2. The smallest absolute Gasteiger partial charge is 0.131 e. The van der Waals surface area contributed by atoms with Crippen LogP contribution in [0.3, 0.4) is 0 Å². The van der Waals surface area contributed by atoms with Gasteiger partial charge in [-0.1, -0.05) is 29.8 Å². The summed E-state index contributed by atoms with van der Waals surface area (Å²) in [5, 5.41) is 0.399. The fourth-order valence-corrected chi connectivity index (χ4v) is 1.15. The molecule has 0 amide bonds. The summed E-state index contributed by atoms with van der Waals surface area (Å²) in [6, 6.07) is 4.56. The van der Waals surface area contributed by atoms with Crippen LogP contribution in [0.4, 0.5) is 4.39 Å². The van der Waals surface area contributed by atoms with Gasteiger partial charge in [-0.15, -0.1) is 11.6 Å². The first-order valence-corrected chi connectivity index (χ1v) is 4.33. The zero-order valence-corrected chi connectivity index (χ0v) is 7.74. The fraction of sp³-hybridized carbons (Fsp3) is 0.111. The Morgan fingerprint density at radius 2 is 2.17 bits per heavy atom. The molecule has 0 bridgehead atoms. The Morgan fingerprint density at radius 1 is 1.42 bits per heavy atom. The highest BCUT2D eigenvalue weighted by atomic mass is 35.5. The monoisotopic (exact) mass is 204 g/mol. The van der Waals surface area contributed by atoms with Crippen molar-refractivity contribution in [2.75, 3.05) is 5.88 Å². The van der Waals surface area contributed by atoms with Crippen LogP contribution in [0.5, 0.6) is 0 Å². The molecule has 0 nitrogen and oxygen atoms in total. The van der Waals surface area contributed by atoms with E-state index in [2.05, 4.69) is 0 Å². The molecule has 0 saturated heterocycles. The van der Waals surface area contributed by atoms with Crippen LogP contribution >= 0.6 is 23.2 Å². The number of allylic oxidation sites excluding steroid dienone is 1. The first-order chi connectivity index (χ1) is 5.75. The molecule has 0 fully saturated rings. The van der Waals surface area contributed by atoms with E-state index in [4.69, 9.17) is 23.2 Å². The molecule has 0 radical (unpaired) electrons. The maximum atomic E-state index is 13.0. The van der Waals surface area contributed by atoms with E-state index in [1.54, 1.807) is 24.3 Å². The van der Waals surface area contributed by atoms with Crippen molar-refractivity contribution < 1.29 is 4.39 Å². The predicted molar refractivity (Wildman–Crippen MR) is 51.2 cm³/mol. The first-order valence-electron chi connectivity index (χ1n) is 3.42. The largest absolute Gasteiger partial charge is 0.206 e. The van der Waals surface area contributed by atoms with Crippen molar-refractivity contribution in [1.29, 1.82) is 0 Å². The average Bonchev–Trinajstić information content (AvgIpc) is 2.04. The van der Waals surface area contributed by atoms with Gasteiger partial charge in [0.25, 0.3) is 0 Å². The number of hydrogen-bond acceptors (Lipinski definition) is 0. The van der Waals surface area contributed by atoms with E-state index >= 15 is 0 Å². The summed E-state index contributed by atoms with van der Waals surface area (Å²) in [6.07, 6.45) is 3.22. The molecule has 0 aromatic heterocycles. The Balaban J connectivity index is 3.04. The van der Waals surface area contributed by atoms with Gasteiger partial charge in [0.1, 0.15) is 5.82 Å². The summed E-state index contributed by atoms with van der Waals surface area (Å²) < 4.78 is 13.0. The highest BCUT2D eigenvalue weighted by Gasteiger charge is 2.01. The van der Waals surface area contributed by atoms with E-state index in [9.17, 15) is 4.39 Å². The Labute approximate surface area is 80.6 Å². The van der Waals surface area contributed by atoms with Gasteiger partial charge in [-0.3, -0.25) is 0 Å². The zero-order valence-electron chi connectivity index (χ0n) is 6.23. The Kier molecular flexibility index (Phi) is 3.57. The van der Waals surface area contributed by atoms with Crippen molar-refractivity contribution in [2.45, 2.75) is 0 Å². The minimum Gasteiger partial charge on any atom is -0.206 e. The average molecular weight is 205 g/mol. The number of rotatable bonds is 2. The SMILES string of the molecule is Fc1cccc(Cl)c1C=CCCl. The zero-order chi connectivity index (χ0) is 8.97. The van der Waals surface area contributed by atoms with E-state index in [0.717, 1.165) is 0 Å². The second kappa shape index (κ2) is 4.48. The second-order valence-electron chi connectivity index (χ2n) is 2.19. The predicted octanol–water partition coefficient (Wildman–Crippen LogP) is 3.73. The lowest BCUT2D eigenvalue weighted by Crippen LogP contribution is -1.82. The molecule has 0 aliphatic carbocycles. The van der Waals surface area contributed by atoms with Crippen LogP contribution in [0.25, 0.3) is 6.08 Å². The molecular weight excluding hydrogens is 198 g/mol. The van der Waals surface area contributed by atoms with Gasteiger partial charge in [0.05, 0.1) is 5.02 Å².